The number of thiophene rings is 1. The summed E-state index contributed by atoms with van der Waals surface area (Å²) in [6.45, 7) is 6.93. The molecule has 0 aliphatic carbocycles. The van der Waals surface area contributed by atoms with Crippen molar-refractivity contribution in [2.75, 3.05) is 13.2 Å². The third-order valence-corrected chi connectivity index (χ3v) is 5.70. The van der Waals surface area contributed by atoms with Gasteiger partial charge < -0.3 is 14.6 Å². The molecule has 1 unspecified atom stereocenters. The first kappa shape index (κ1) is 19.2. The van der Waals surface area contributed by atoms with E-state index in [-0.39, 0.29) is 6.03 Å². The summed E-state index contributed by atoms with van der Waals surface area (Å²) in [5.74, 6) is 1.73. The summed E-state index contributed by atoms with van der Waals surface area (Å²) >= 11 is 1.55. The molecule has 1 aromatic carbocycles. The average molecular weight is 410 g/mol. The van der Waals surface area contributed by atoms with Crippen molar-refractivity contribution in [1.29, 1.82) is 0 Å². The van der Waals surface area contributed by atoms with Gasteiger partial charge in [0.1, 0.15) is 5.75 Å². The fraction of sp³-hybridized carbons (Fsp3) is 0.286. The minimum atomic E-state index is -0.391. The quantitative estimate of drug-likeness (QED) is 0.636. The van der Waals surface area contributed by atoms with Gasteiger partial charge in [-0.3, -0.25) is 4.90 Å². The third kappa shape index (κ3) is 3.63. The minimum absolute atomic E-state index is 0.148. The molecule has 0 spiro atoms. The van der Waals surface area contributed by atoms with E-state index < -0.39 is 6.04 Å². The summed E-state index contributed by atoms with van der Waals surface area (Å²) in [7, 11) is 0. The molecule has 2 amide bonds. The lowest BCUT2D eigenvalue weighted by Crippen LogP contribution is -2.45. The van der Waals surface area contributed by atoms with Crippen LogP contribution >= 0.6 is 11.3 Å². The molecule has 3 heterocycles. The number of hydrogen-bond donors (Lipinski definition) is 1. The lowest BCUT2D eigenvalue weighted by molar-refractivity contribution is 0.207. The van der Waals surface area contributed by atoms with Crippen LogP contribution in [-0.2, 0) is 0 Å². The number of carbonyl (C=O) groups excluding carboxylic acids is 1. The van der Waals surface area contributed by atoms with Gasteiger partial charge in [0, 0.05) is 12.2 Å². The first-order chi connectivity index (χ1) is 14.1. The van der Waals surface area contributed by atoms with Gasteiger partial charge in [0.05, 0.1) is 23.1 Å². The number of carbonyl (C=O) groups is 1. The van der Waals surface area contributed by atoms with Crippen LogP contribution in [-0.4, -0.2) is 34.2 Å². The van der Waals surface area contributed by atoms with Crippen molar-refractivity contribution in [2.24, 2.45) is 0 Å². The largest absolute Gasteiger partial charge is 0.494 e. The van der Waals surface area contributed by atoms with Crippen molar-refractivity contribution in [2.45, 2.75) is 26.8 Å². The van der Waals surface area contributed by atoms with E-state index in [1.807, 2.05) is 62.5 Å². The van der Waals surface area contributed by atoms with Gasteiger partial charge >= 0.3 is 6.03 Å². The van der Waals surface area contributed by atoms with E-state index >= 15 is 0 Å². The lowest BCUT2D eigenvalue weighted by Gasteiger charge is -2.34. The molecule has 7 nitrogen and oxygen atoms in total. The Hall–Kier alpha value is -3.13. The van der Waals surface area contributed by atoms with Crippen LogP contribution in [0, 0.1) is 0 Å². The van der Waals surface area contributed by atoms with Gasteiger partial charge in [0.25, 0.3) is 5.89 Å². The topological polar surface area (TPSA) is 80.5 Å². The molecule has 8 heteroatoms. The molecule has 1 aliphatic heterocycles. The number of benzene rings is 1. The van der Waals surface area contributed by atoms with Crippen molar-refractivity contribution in [3.8, 4) is 16.5 Å². The van der Waals surface area contributed by atoms with E-state index in [1.54, 1.807) is 16.2 Å². The molecule has 1 aliphatic rings. The second kappa shape index (κ2) is 8.08. The number of ether oxygens (including phenoxy) is 1. The van der Waals surface area contributed by atoms with Crippen LogP contribution in [0.5, 0.6) is 5.75 Å². The normalized spacial score (nSPS) is 16.9. The summed E-state index contributed by atoms with van der Waals surface area (Å²) in [5.41, 5.74) is 2.52. The maximum absolute atomic E-state index is 12.6. The zero-order valence-electron chi connectivity index (χ0n) is 16.5. The fourth-order valence-corrected chi connectivity index (χ4v) is 4.10. The molecule has 0 fully saturated rings. The second-order valence-electron chi connectivity index (χ2n) is 6.53. The predicted molar refractivity (Wildman–Crippen MR) is 111 cm³/mol. The van der Waals surface area contributed by atoms with Crippen LogP contribution in [0.4, 0.5) is 4.79 Å². The molecule has 3 aromatic rings. The number of nitrogens with zero attached hydrogens (tertiary/aromatic N) is 3. The molecule has 0 saturated carbocycles. The number of amides is 2. The first-order valence-electron chi connectivity index (χ1n) is 9.51. The van der Waals surface area contributed by atoms with Crippen molar-refractivity contribution in [1.82, 2.24) is 20.4 Å². The highest BCUT2D eigenvalue weighted by Gasteiger charge is 2.35. The van der Waals surface area contributed by atoms with Crippen LogP contribution in [0.3, 0.4) is 0 Å². The van der Waals surface area contributed by atoms with E-state index in [0.29, 0.717) is 24.9 Å². The van der Waals surface area contributed by atoms with Gasteiger partial charge in [0.15, 0.2) is 0 Å². The van der Waals surface area contributed by atoms with Crippen LogP contribution < -0.4 is 10.1 Å². The number of nitrogens with one attached hydrogen (secondary N) is 1. The molecule has 0 bridgehead atoms. The van der Waals surface area contributed by atoms with E-state index in [4.69, 9.17) is 9.26 Å². The second-order valence-corrected chi connectivity index (χ2v) is 7.48. The van der Waals surface area contributed by atoms with Gasteiger partial charge in [-0.1, -0.05) is 23.4 Å². The van der Waals surface area contributed by atoms with Crippen LogP contribution in [0.25, 0.3) is 16.3 Å². The number of aromatic nitrogens is 2. The SMILES string of the molecule is CCOc1ccc(C2NC(=O)N(CC)C(C)=C2c2nc(-c3cccs3)no2)cc1. The highest BCUT2D eigenvalue weighted by atomic mass is 32.1. The number of allylic oxidation sites excluding steroid dienone is 1. The van der Waals surface area contributed by atoms with Crippen molar-refractivity contribution in [3.63, 3.8) is 0 Å². The summed E-state index contributed by atoms with van der Waals surface area (Å²) in [5, 5.41) is 9.19. The molecule has 150 valence electrons. The Morgan fingerprint density at radius 1 is 1.24 bits per heavy atom. The van der Waals surface area contributed by atoms with Crippen LogP contribution in [0.2, 0.25) is 0 Å². The van der Waals surface area contributed by atoms with Crippen LogP contribution in [0.15, 0.2) is 52.0 Å². The summed E-state index contributed by atoms with van der Waals surface area (Å²) in [6.07, 6.45) is 0. The molecular formula is C21H22N4O3S. The smallest absolute Gasteiger partial charge is 0.322 e. The Kier molecular flexibility index (Phi) is 5.35. The number of rotatable bonds is 6. The van der Waals surface area contributed by atoms with Crippen LogP contribution in [0.1, 0.15) is 38.3 Å². The molecule has 2 aromatic heterocycles. The average Bonchev–Trinajstić information content (AvgIpc) is 3.41. The molecule has 29 heavy (non-hydrogen) atoms. The first-order valence-corrected chi connectivity index (χ1v) is 10.4. The zero-order valence-corrected chi connectivity index (χ0v) is 17.3. The maximum Gasteiger partial charge on any atom is 0.322 e. The molecule has 4 rings (SSSR count). The number of hydrogen-bond acceptors (Lipinski definition) is 6. The number of urea groups is 1. The van der Waals surface area contributed by atoms with Gasteiger partial charge in [-0.25, -0.2) is 4.79 Å². The van der Waals surface area contributed by atoms with Gasteiger partial charge in [-0.2, -0.15) is 4.98 Å². The minimum Gasteiger partial charge on any atom is -0.494 e. The maximum atomic E-state index is 12.6. The van der Waals surface area contributed by atoms with E-state index in [0.717, 1.165) is 27.5 Å². The van der Waals surface area contributed by atoms with Gasteiger partial charge in [0.2, 0.25) is 5.82 Å². The summed E-state index contributed by atoms with van der Waals surface area (Å²) in [6, 6.07) is 11.0. The van der Waals surface area contributed by atoms with E-state index in [1.165, 1.54) is 0 Å². The third-order valence-electron chi connectivity index (χ3n) is 4.83. The molecule has 0 radical (unpaired) electrons. The highest BCUT2D eigenvalue weighted by Crippen LogP contribution is 2.37. The van der Waals surface area contributed by atoms with Gasteiger partial charge in [-0.15, -0.1) is 11.3 Å². The monoisotopic (exact) mass is 410 g/mol. The predicted octanol–water partition coefficient (Wildman–Crippen LogP) is 4.71. The fourth-order valence-electron chi connectivity index (χ4n) is 3.45. The standard InChI is InChI=1S/C21H22N4O3S/c1-4-25-13(3)17(20-23-19(24-28-20)16-7-6-12-29-16)18(22-21(25)26)14-8-10-15(11-9-14)27-5-2/h6-12,18H,4-5H2,1-3H3,(H,22,26). The van der Waals surface area contributed by atoms with Crippen molar-refractivity contribution in [3.05, 3.63) is 58.9 Å². The zero-order chi connectivity index (χ0) is 20.4. The molecule has 1 atom stereocenters. The summed E-state index contributed by atoms with van der Waals surface area (Å²) in [4.78, 5) is 19.9. The van der Waals surface area contributed by atoms with Crippen molar-refractivity contribution < 1.29 is 14.1 Å². The Balaban J connectivity index is 1.77. The molecular weight excluding hydrogens is 388 g/mol. The molecule has 1 N–H and O–H groups in total. The van der Waals surface area contributed by atoms with Crippen molar-refractivity contribution >= 4 is 22.9 Å². The summed E-state index contributed by atoms with van der Waals surface area (Å²) < 4.78 is 11.2. The Morgan fingerprint density at radius 2 is 2.03 bits per heavy atom. The van der Waals surface area contributed by atoms with E-state index in [9.17, 15) is 4.79 Å². The lowest BCUT2D eigenvalue weighted by atomic mass is 9.94. The van der Waals surface area contributed by atoms with E-state index in [2.05, 4.69) is 15.5 Å². The molecule has 0 saturated heterocycles. The highest BCUT2D eigenvalue weighted by molar-refractivity contribution is 7.13. The Labute approximate surface area is 173 Å². The van der Waals surface area contributed by atoms with Gasteiger partial charge in [-0.05, 0) is 49.9 Å². The Bertz CT molecular complexity index is 1020. The Morgan fingerprint density at radius 3 is 2.69 bits per heavy atom.